The Morgan fingerprint density at radius 1 is 1.00 bits per heavy atom. The van der Waals surface area contributed by atoms with Gasteiger partial charge in [-0.2, -0.15) is 0 Å². The zero-order valence-corrected chi connectivity index (χ0v) is 23.1. The SMILES string of the molecule is COc1ccc([C@H]2CC(=O)Oc3ccc(C(=O)c4ccc(Cl)cc4)c(O)c32)cc1OCCc1ccc2c(c1)CCO2. The van der Waals surface area contributed by atoms with E-state index >= 15 is 0 Å². The second-order valence-electron chi connectivity index (χ2n) is 9.99. The molecule has 2 aliphatic heterocycles. The molecule has 0 unspecified atom stereocenters. The van der Waals surface area contributed by atoms with Crippen LogP contribution in [0.3, 0.4) is 0 Å². The third-order valence-corrected chi connectivity index (χ3v) is 7.72. The van der Waals surface area contributed by atoms with Gasteiger partial charge in [-0.15, -0.1) is 0 Å². The number of benzene rings is 4. The molecule has 0 spiro atoms. The molecule has 2 heterocycles. The normalized spacial score (nSPS) is 15.4. The summed E-state index contributed by atoms with van der Waals surface area (Å²) in [7, 11) is 1.57. The van der Waals surface area contributed by atoms with Crippen molar-refractivity contribution < 1.29 is 33.6 Å². The number of fused-ring (bicyclic) bond motifs is 2. The highest BCUT2D eigenvalue weighted by Gasteiger charge is 2.34. The number of aromatic hydroxyl groups is 1. The van der Waals surface area contributed by atoms with Crippen LogP contribution in [0.2, 0.25) is 5.02 Å². The Balaban J connectivity index is 1.29. The molecule has 0 amide bonds. The average Bonchev–Trinajstić information content (AvgIpc) is 3.45. The van der Waals surface area contributed by atoms with Crippen LogP contribution in [0, 0.1) is 0 Å². The van der Waals surface area contributed by atoms with Crippen LogP contribution in [0.1, 0.15) is 50.5 Å². The van der Waals surface area contributed by atoms with Crippen molar-refractivity contribution in [2.45, 2.75) is 25.2 Å². The number of halogens is 1. The van der Waals surface area contributed by atoms with Gasteiger partial charge in [-0.25, -0.2) is 0 Å². The number of hydrogen-bond acceptors (Lipinski definition) is 7. The number of rotatable bonds is 8. The van der Waals surface area contributed by atoms with Gasteiger partial charge in [0.2, 0.25) is 0 Å². The quantitative estimate of drug-likeness (QED) is 0.151. The Bertz CT molecular complexity index is 1640. The van der Waals surface area contributed by atoms with Gasteiger partial charge >= 0.3 is 5.97 Å². The fourth-order valence-electron chi connectivity index (χ4n) is 5.37. The molecule has 0 bridgehead atoms. The summed E-state index contributed by atoms with van der Waals surface area (Å²) in [5, 5.41) is 11.8. The summed E-state index contributed by atoms with van der Waals surface area (Å²) < 4.78 is 22.7. The summed E-state index contributed by atoms with van der Waals surface area (Å²) in [5.74, 6) is 0.639. The molecule has 4 aromatic rings. The molecule has 0 fully saturated rings. The van der Waals surface area contributed by atoms with Crippen molar-refractivity contribution in [1.29, 1.82) is 0 Å². The molecule has 0 aliphatic carbocycles. The number of ether oxygens (including phenoxy) is 4. The summed E-state index contributed by atoms with van der Waals surface area (Å²) in [6.07, 6.45) is 1.59. The fraction of sp³-hybridized carbons (Fsp3) is 0.212. The second kappa shape index (κ2) is 11.2. The predicted molar refractivity (Wildman–Crippen MR) is 153 cm³/mol. The molecule has 1 N–H and O–H groups in total. The molecule has 8 heteroatoms. The lowest BCUT2D eigenvalue weighted by Gasteiger charge is -2.27. The minimum atomic E-state index is -0.561. The number of methoxy groups -OCH3 is 1. The van der Waals surface area contributed by atoms with Gasteiger partial charge in [0.15, 0.2) is 17.3 Å². The lowest BCUT2D eigenvalue weighted by Crippen LogP contribution is -2.22. The standard InChI is InChI=1S/C33H27ClO7/c1-38-27-10-5-21(17-29(27)40-14-12-19-2-9-26-22(16-19)13-15-39-26)25-18-30(35)41-28-11-8-24(33(37)31(25)28)32(36)20-3-6-23(34)7-4-20/h2-11,16-17,25,37H,12-15,18H2,1H3/t25-/m1/s1. The number of carbonyl (C=O) groups is 2. The van der Waals surface area contributed by atoms with Crippen LogP contribution in [0.5, 0.6) is 28.7 Å². The number of ketones is 1. The van der Waals surface area contributed by atoms with Crippen molar-refractivity contribution in [3.05, 3.63) is 111 Å². The van der Waals surface area contributed by atoms with Gasteiger partial charge in [0.25, 0.3) is 0 Å². The number of phenols is 1. The average molecular weight is 571 g/mol. The highest BCUT2D eigenvalue weighted by Crippen LogP contribution is 2.47. The Hall–Kier alpha value is -4.49. The number of carbonyl (C=O) groups excluding carboxylic acids is 2. The molecule has 41 heavy (non-hydrogen) atoms. The smallest absolute Gasteiger partial charge is 0.312 e. The maximum Gasteiger partial charge on any atom is 0.312 e. The molecule has 0 saturated carbocycles. The lowest BCUT2D eigenvalue weighted by molar-refractivity contribution is -0.135. The molecular weight excluding hydrogens is 544 g/mol. The van der Waals surface area contributed by atoms with Gasteiger partial charge < -0.3 is 24.1 Å². The molecule has 4 aromatic carbocycles. The largest absolute Gasteiger partial charge is 0.507 e. The Morgan fingerprint density at radius 3 is 2.61 bits per heavy atom. The van der Waals surface area contributed by atoms with Crippen molar-refractivity contribution in [1.82, 2.24) is 0 Å². The van der Waals surface area contributed by atoms with Gasteiger partial charge in [0.1, 0.15) is 17.2 Å². The topological polar surface area (TPSA) is 91.3 Å². The molecule has 0 aromatic heterocycles. The van der Waals surface area contributed by atoms with Gasteiger partial charge in [0, 0.05) is 34.9 Å². The summed E-state index contributed by atoms with van der Waals surface area (Å²) in [6, 6.07) is 21.1. The Morgan fingerprint density at radius 2 is 1.80 bits per heavy atom. The molecule has 6 rings (SSSR count). The van der Waals surface area contributed by atoms with E-state index in [1.165, 1.54) is 11.6 Å². The highest BCUT2D eigenvalue weighted by molar-refractivity contribution is 6.30. The summed E-state index contributed by atoms with van der Waals surface area (Å²) in [4.78, 5) is 25.8. The van der Waals surface area contributed by atoms with Crippen LogP contribution in [0.4, 0.5) is 0 Å². The number of hydrogen-bond donors (Lipinski definition) is 1. The van der Waals surface area contributed by atoms with E-state index in [4.69, 9.17) is 30.5 Å². The first-order valence-electron chi connectivity index (χ1n) is 13.3. The molecule has 0 radical (unpaired) electrons. The summed E-state index contributed by atoms with van der Waals surface area (Å²) >= 11 is 5.97. The van der Waals surface area contributed by atoms with Crippen molar-refractivity contribution in [3.63, 3.8) is 0 Å². The molecule has 0 saturated heterocycles. The van der Waals surface area contributed by atoms with Crippen LogP contribution in [-0.2, 0) is 17.6 Å². The van der Waals surface area contributed by atoms with Crippen molar-refractivity contribution in [2.75, 3.05) is 20.3 Å². The first-order chi connectivity index (χ1) is 19.9. The molecule has 1 atom stereocenters. The Labute approximate surface area is 242 Å². The fourth-order valence-corrected chi connectivity index (χ4v) is 5.50. The van der Waals surface area contributed by atoms with E-state index in [0.717, 1.165) is 23.3 Å². The van der Waals surface area contributed by atoms with Crippen LogP contribution in [0.25, 0.3) is 0 Å². The van der Waals surface area contributed by atoms with Crippen molar-refractivity contribution in [2.24, 2.45) is 0 Å². The van der Waals surface area contributed by atoms with E-state index in [2.05, 4.69) is 6.07 Å². The maximum absolute atomic E-state index is 13.3. The zero-order chi connectivity index (χ0) is 28.5. The zero-order valence-electron chi connectivity index (χ0n) is 22.3. The maximum atomic E-state index is 13.3. The van der Waals surface area contributed by atoms with Crippen LogP contribution >= 0.6 is 11.6 Å². The van der Waals surface area contributed by atoms with E-state index in [1.54, 1.807) is 43.5 Å². The highest BCUT2D eigenvalue weighted by atomic mass is 35.5. The van der Waals surface area contributed by atoms with E-state index < -0.39 is 11.9 Å². The van der Waals surface area contributed by atoms with Crippen molar-refractivity contribution in [3.8, 4) is 28.7 Å². The minimum absolute atomic E-state index is 0.0118. The molecule has 208 valence electrons. The first kappa shape index (κ1) is 26.7. The molecule has 2 aliphatic rings. The van der Waals surface area contributed by atoms with Crippen LogP contribution in [-0.4, -0.2) is 37.2 Å². The van der Waals surface area contributed by atoms with Gasteiger partial charge in [-0.05, 0) is 71.3 Å². The van der Waals surface area contributed by atoms with Crippen molar-refractivity contribution >= 4 is 23.4 Å². The lowest BCUT2D eigenvalue weighted by atomic mass is 9.84. The molecular formula is C33H27ClO7. The Kier molecular flexibility index (Phi) is 7.28. The van der Waals surface area contributed by atoms with E-state index in [1.807, 2.05) is 24.3 Å². The number of phenolic OH excluding ortho intramolecular Hbond substituents is 1. The third kappa shape index (κ3) is 5.33. The third-order valence-electron chi connectivity index (χ3n) is 7.46. The monoisotopic (exact) mass is 570 g/mol. The van der Waals surface area contributed by atoms with E-state index in [-0.39, 0.29) is 29.3 Å². The van der Waals surface area contributed by atoms with Gasteiger partial charge in [-0.1, -0.05) is 29.8 Å². The van der Waals surface area contributed by atoms with Crippen LogP contribution in [0.15, 0.2) is 72.8 Å². The minimum Gasteiger partial charge on any atom is -0.507 e. The predicted octanol–water partition coefficient (Wildman–Crippen LogP) is 6.28. The first-order valence-corrected chi connectivity index (χ1v) is 13.7. The number of esters is 1. The van der Waals surface area contributed by atoms with Gasteiger partial charge in [0.05, 0.1) is 32.3 Å². The summed E-state index contributed by atoms with van der Waals surface area (Å²) in [5.41, 5.74) is 3.94. The summed E-state index contributed by atoms with van der Waals surface area (Å²) in [6.45, 7) is 1.12. The van der Waals surface area contributed by atoms with E-state index in [9.17, 15) is 14.7 Å². The second-order valence-corrected chi connectivity index (χ2v) is 10.4. The molecule has 7 nitrogen and oxygen atoms in total. The van der Waals surface area contributed by atoms with E-state index in [0.29, 0.717) is 47.3 Å². The van der Waals surface area contributed by atoms with Gasteiger partial charge in [-0.3, -0.25) is 9.59 Å². The van der Waals surface area contributed by atoms with Crippen LogP contribution < -0.4 is 18.9 Å².